The molecule has 2 heterocycles. The van der Waals surface area contributed by atoms with Crippen LogP contribution in [0.1, 0.15) is 25.7 Å². The zero-order valence-electron chi connectivity index (χ0n) is 13.2. The number of piperidine rings is 1. The zero-order valence-corrected chi connectivity index (χ0v) is 13.2. The van der Waals surface area contributed by atoms with Gasteiger partial charge in [0, 0.05) is 37.6 Å². The summed E-state index contributed by atoms with van der Waals surface area (Å²) in [5.41, 5.74) is 2.17. The number of amidine groups is 1. The van der Waals surface area contributed by atoms with Crippen LogP contribution in [0.2, 0.25) is 0 Å². The van der Waals surface area contributed by atoms with E-state index in [1.54, 1.807) is 12.3 Å². The lowest BCUT2D eigenvalue weighted by molar-refractivity contribution is -0.429. The molecule has 1 saturated heterocycles. The second kappa shape index (κ2) is 6.52. The second-order valence-electron chi connectivity index (χ2n) is 6.09. The Morgan fingerprint density at radius 2 is 2.00 bits per heavy atom. The Bertz CT molecular complexity index is 694. The van der Waals surface area contributed by atoms with Crippen molar-refractivity contribution in [1.29, 1.82) is 0 Å². The topological polar surface area (TPSA) is 120 Å². The first kappa shape index (κ1) is 16.3. The quantitative estimate of drug-likeness (QED) is 0.620. The van der Waals surface area contributed by atoms with E-state index in [0.717, 1.165) is 24.1 Å². The lowest BCUT2D eigenvalue weighted by Crippen LogP contribution is -2.42. The summed E-state index contributed by atoms with van der Waals surface area (Å²) in [7, 11) is 1.44. The third kappa shape index (κ3) is 3.07. The lowest BCUT2D eigenvalue weighted by Gasteiger charge is -2.35. The van der Waals surface area contributed by atoms with Gasteiger partial charge in [0.25, 0.3) is 0 Å². The molecule has 0 aromatic rings. The number of aliphatic imine (C=N–C) groups is 1. The van der Waals surface area contributed by atoms with Gasteiger partial charge in [-0.3, -0.25) is 10.1 Å². The molecule has 0 spiro atoms. The van der Waals surface area contributed by atoms with E-state index < -0.39 is 11.0 Å². The smallest absolute Gasteiger partial charge is 0.367 e. The first-order valence-corrected chi connectivity index (χ1v) is 7.75. The van der Waals surface area contributed by atoms with Crippen molar-refractivity contribution < 1.29 is 14.6 Å². The van der Waals surface area contributed by atoms with E-state index in [0.29, 0.717) is 12.8 Å². The molecule has 1 N–H and O–H groups in total. The normalized spacial score (nSPS) is 29.3. The van der Waals surface area contributed by atoms with Gasteiger partial charge >= 0.3 is 5.84 Å². The van der Waals surface area contributed by atoms with E-state index in [4.69, 9.17) is 4.74 Å². The van der Waals surface area contributed by atoms with E-state index >= 15 is 0 Å². The number of fused-ring (bicyclic) bond motifs is 1. The standard InChI is InChI=1S/C15H18N4O5/c1-24-14-7-10(8-16-15(14)19(22)23)13-4-2-9-6-11(18(20)21)3-5-12(9)17-13/h3,5,8-9,13-14,17H,2,4,6-7H2,1H3/t9-,13+,14-/m1/s1. The number of nitrogens with one attached hydrogen (secondary N) is 1. The average Bonchev–Trinajstić information content (AvgIpc) is 2.60. The van der Waals surface area contributed by atoms with Crippen molar-refractivity contribution in [3.8, 4) is 0 Å². The van der Waals surface area contributed by atoms with E-state index in [1.807, 2.05) is 0 Å². The Balaban J connectivity index is 1.76. The monoisotopic (exact) mass is 334 g/mol. The number of rotatable bonds is 3. The molecule has 3 aliphatic rings. The Morgan fingerprint density at radius 1 is 1.21 bits per heavy atom. The summed E-state index contributed by atoms with van der Waals surface area (Å²) >= 11 is 0. The van der Waals surface area contributed by atoms with Crippen molar-refractivity contribution in [2.45, 2.75) is 37.8 Å². The predicted molar refractivity (Wildman–Crippen MR) is 85.4 cm³/mol. The van der Waals surface area contributed by atoms with Crippen LogP contribution in [0, 0.1) is 26.1 Å². The number of nitro groups is 2. The molecule has 0 amide bonds. The van der Waals surface area contributed by atoms with Crippen LogP contribution in [0.3, 0.4) is 0 Å². The molecule has 128 valence electrons. The van der Waals surface area contributed by atoms with Crippen LogP contribution in [0.5, 0.6) is 0 Å². The molecule has 0 saturated carbocycles. The van der Waals surface area contributed by atoms with Crippen molar-refractivity contribution >= 4 is 5.84 Å². The summed E-state index contributed by atoms with van der Waals surface area (Å²) < 4.78 is 5.19. The van der Waals surface area contributed by atoms with Gasteiger partial charge in [0.2, 0.25) is 5.70 Å². The maximum Gasteiger partial charge on any atom is 0.367 e. The minimum Gasteiger partial charge on any atom is -0.381 e. The number of allylic oxidation sites excluding steroid dienone is 4. The molecule has 2 aliphatic heterocycles. The number of methoxy groups -OCH3 is 1. The molecule has 3 rings (SSSR count). The Hall–Kier alpha value is -2.55. The Morgan fingerprint density at radius 3 is 2.67 bits per heavy atom. The van der Waals surface area contributed by atoms with Crippen molar-refractivity contribution in [1.82, 2.24) is 5.32 Å². The van der Waals surface area contributed by atoms with Gasteiger partial charge < -0.3 is 20.2 Å². The lowest BCUT2D eigenvalue weighted by atomic mass is 9.82. The molecular formula is C15H18N4O5. The SMILES string of the molecule is CO[C@@H]1CC([C@@H]2CC[C@@H]3CC([N+](=O)[O-])=CC=C3N2)=CN=C1[N+](=O)[O-]. The van der Waals surface area contributed by atoms with Crippen molar-refractivity contribution in [3.05, 3.63) is 55.5 Å². The highest BCUT2D eigenvalue weighted by atomic mass is 16.6. The molecule has 0 aromatic heterocycles. The molecule has 1 aliphatic carbocycles. The fraction of sp³-hybridized carbons (Fsp3) is 0.533. The number of nitrogens with zero attached hydrogens (tertiary/aromatic N) is 3. The zero-order chi connectivity index (χ0) is 17.3. The summed E-state index contributed by atoms with van der Waals surface area (Å²) in [6.45, 7) is 0. The van der Waals surface area contributed by atoms with Gasteiger partial charge in [0.05, 0.1) is 11.0 Å². The van der Waals surface area contributed by atoms with Crippen molar-refractivity contribution in [2.24, 2.45) is 10.9 Å². The molecule has 0 unspecified atom stereocenters. The largest absolute Gasteiger partial charge is 0.381 e. The van der Waals surface area contributed by atoms with Gasteiger partial charge in [0.15, 0.2) is 6.10 Å². The summed E-state index contributed by atoms with van der Waals surface area (Å²) in [4.78, 5) is 24.9. The molecule has 3 atom stereocenters. The highest BCUT2D eigenvalue weighted by Crippen LogP contribution is 2.35. The van der Waals surface area contributed by atoms with Crippen molar-refractivity contribution in [3.63, 3.8) is 0 Å². The van der Waals surface area contributed by atoms with Crippen molar-refractivity contribution in [2.75, 3.05) is 7.11 Å². The summed E-state index contributed by atoms with van der Waals surface area (Å²) in [6, 6.07) is 0.0211. The van der Waals surface area contributed by atoms with E-state index in [2.05, 4.69) is 10.3 Å². The average molecular weight is 334 g/mol. The van der Waals surface area contributed by atoms with E-state index in [1.165, 1.54) is 13.2 Å². The summed E-state index contributed by atoms with van der Waals surface area (Å²) in [6.07, 6.45) is 6.69. The summed E-state index contributed by atoms with van der Waals surface area (Å²) in [5.74, 6) is -0.0442. The highest BCUT2D eigenvalue weighted by Gasteiger charge is 2.37. The van der Waals surface area contributed by atoms with Crippen LogP contribution >= 0.6 is 0 Å². The van der Waals surface area contributed by atoms with Crippen LogP contribution < -0.4 is 5.32 Å². The Kier molecular flexibility index (Phi) is 4.43. The number of ether oxygens (including phenoxy) is 1. The first-order chi connectivity index (χ1) is 11.5. The van der Waals surface area contributed by atoms with Gasteiger partial charge in [-0.2, -0.15) is 0 Å². The van der Waals surface area contributed by atoms with Gasteiger partial charge in [-0.25, -0.2) is 0 Å². The molecule has 9 nitrogen and oxygen atoms in total. The third-order valence-electron chi connectivity index (χ3n) is 4.72. The number of hydrogen-bond acceptors (Lipinski definition) is 7. The predicted octanol–water partition coefficient (Wildman–Crippen LogP) is 1.78. The molecule has 0 aromatic carbocycles. The number of hydrogen-bond donors (Lipinski definition) is 1. The second-order valence-corrected chi connectivity index (χ2v) is 6.09. The maximum atomic E-state index is 11.0. The van der Waals surface area contributed by atoms with Crippen LogP contribution in [0.15, 0.2) is 40.3 Å². The minimum atomic E-state index is -0.652. The highest BCUT2D eigenvalue weighted by molar-refractivity contribution is 5.81. The van der Waals surface area contributed by atoms with Crippen LogP contribution in [-0.2, 0) is 4.74 Å². The fourth-order valence-electron chi connectivity index (χ4n) is 3.41. The third-order valence-corrected chi connectivity index (χ3v) is 4.72. The van der Waals surface area contributed by atoms with Gasteiger partial charge in [-0.05, 0) is 34.4 Å². The molecule has 24 heavy (non-hydrogen) atoms. The maximum absolute atomic E-state index is 11.0. The molecule has 0 radical (unpaired) electrons. The minimum absolute atomic E-state index is 0.0211. The molecule has 9 heteroatoms. The molecule has 0 bridgehead atoms. The van der Waals surface area contributed by atoms with Gasteiger partial charge in [0.1, 0.15) is 6.20 Å². The molecular weight excluding hydrogens is 316 g/mol. The van der Waals surface area contributed by atoms with Crippen LogP contribution in [0.25, 0.3) is 0 Å². The van der Waals surface area contributed by atoms with Gasteiger partial charge in [-0.1, -0.05) is 0 Å². The van der Waals surface area contributed by atoms with E-state index in [-0.39, 0.29) is 28.4 Å². The van der Waals surface area contributed by atoms with E-state index in [9.17, 15) is 20.2 Å². The first-order valence-electron chi connectivity index (χ1n) is 7.75. The summed E-state index contributed by atoms with van der Waals surface area (Å²) in [5, 5.41) is 25.3. The van der Waals surface area contributed by atoms with Crippen LogP contribution in [0.4, 0.5) is 0 Å². The Labute approximate surface area is 138 Å². The molecule has 1 fully saturated rings. The van der Waals surface area contributed by atoms with Crippen LogP contribution in [-0.4, -0.2) is 34.9 Å². The fourth-order valence-corrected chi connectivity index (χ4v) is 3.41. The van der Waals surface area contributed by atoms with Gasteiger partial charge in [-0.15, -0.1) is 0 Å².